The second-order valence-corrected chi connectivity index (χ2v) is 3.83. The minimum Gasteiger partial charge on any atom is -0.389 e. The molecule has 1 aliphatic heterocycles. The summed E-state index contributed by atoms with van der Waals surface area (Å²) >= 11 is 0. The van der Waals surface area contributed by atoms with Crippen LogP contribution in [0.5, 0.6) is 0 Å². The summed E-state index contributed by atoms with van der Waals surface area (Å²) in [6.45, 7) is 3.69. The molecule has 3 N–H and O–H groups in total. The normalized spacial score (nSPS) is 19.8. The molecule has 1 atom stereocenters. The summed E-state index contributed by atoms with van der Waals surface area (Å²) in [6, 6.07) is 0. The summed E-state index contributed by atoms with van der Waals surface area (Å²) in [7, 11) is 0. The lowest BCUT2D eigenvalue weighted by atomic mass is 10.0. The largest absolute Gasteiger partial charge is 0.389 e. The Kier molecular flexibility index (Phi) is 3.69. The fourth-order valence-corrected chi connectivity index (χ4v) is 1.30. The molecule has 1 heterocycles. The van der Waals surface area contributed by atoms with E-state index < -0.39 is 0 Å². The SMILES string of the molecule is CC(CN)CCC(=O)N1CC(O)C1. The summed E-state index contributed by atoms with van der Waals surface area (Å²) in [5, 5.41) is 8.98. The van der Waals surface area contributed by atoms with Crippen LogP contribution in [0.3, 0.4) is 0 Å². The van der Waals surface area contributed by atoms with Crippen LogP contribution in [0.4, 0.5) is 0 Å². The van der Waals surface area contributed by atoms with Crippen LogP contribution in [-0.2, 0) is 4.79 Å². The van der Waals surface area contributed by atoms with Crippen LogP contribution in [0.1, 0.15) is 19.8 Å². The Morgan fingerprint density at radius 3 is 2.77 bits per heavy atom. The molecule has 1 amide bonds. The average Bonchev–Trinajstić information content (AvgIpc) is 2.08. The molecule has 1 unspecified atom stereocenters. The Labute approximate surface area is 78.7 Å². The third kappa shape index (κ3) is 2.97. The number of rotatable bonds is 4. The van der Waals surface area contributed by atoms with Gasteiger partial charge in [0, 0.05) is 19.5 Å². The van der Waals surface area contributed by atoms with E-state index in [1.165, 1.54) is 0 Å². The van der Waals surface area contributed by atoms with Crippen molar-refractivity contribution in [2.45, 2.75) is 25.9 Å². The highest BCUT2D eigenvalue weighted by Gasteiger charge is 2.28. The van der Waals surface area contributed by atoms with Crippen molar-refractivity contribution in [3.05, 3.63) is 0 Å². The van der Waals surface area contributed by atoms with Crippen LogP contribution < -0.4 is 5.73 Å². The maximum absolute atomic E-state index is 11.4. The Balaban J connectivity index is 2.11. The Morgan fingerprint density at radius 1 is 1.69 bits per heavy atom. The first-order valence-corrected chi connectivity index (χ1v) is 4.79. The topological polar surface area (TPSA) is 66.6 Å². The zero-order valence-corrected chi connectivity index (χ0v) is 8.07. The van der Waals surface area contributed by atoms with E-state index in [0.717, 1.165) is 6.42 Å². The highest BCUT2D eigenvalue weighted by Crippen LogP contribution is 2.12. The second kappa shape index (κ2) is 4.58. The van der Waals surface area contributed by atoms with Gasteiger partial charge in [0.1, 0.15) is 0 Å². The lowest BCUT2D eigenvalue weighted by Crippen LogP contribution is -2.53. The van der Waals surface area contributed by atoms with Gasteiger partial charge in [0.15, 0.2) is 0 Å². The summed E-state index contributed by atoms with van der Waals surface area (Å²) < 4.78 is 0. The molecule has 0 aromatic rings. The minimum absolute atomic E-state index is 0.144. The monoisotopic (exact) mass is 186 g/mol. The van der Waals surface area contributed by atoms with Crippen molar-refractivity contribution in [1.29, 1.82) is 0 Å². The van der Waals surface area contributed by atoms with Gasteiger partial charge in [-0.25, -0.2) is 0 Å². The van der Waals surface area contributed by atoms with Crippen LogP contribution in [0.25, 0.3) is 0 Å². The van der Waals surface area contributed by atoms with Crippen LogP contribution >= 0.6 is 0 Å². The summed E-state index contributed by atoms with van der Waals surface area (Å²) in [4.78, 5) is 13.1. The fourth-order valence-electron chi connectivity index (χ4n) is 1.30. The molecular weight excluding hydrogens is 168 g/mol. The molecule has 1 fully saturated rings. The number of likely N-dealkylation sites (tertiary alicyclic amines) is 1. The summed E-state index contributed by atoms with van der Waals surface area (Å²) in [5.74, 6) is 0.556. The van der Waals surface area contributed by atoms with Crippen LogP contribution in [0.15, 0.2) is 0 Å². The molecular formula is C9H18N2O2. The maximum atomic E-state index is 11.4. The molecule has 0 saturated carbocycles. The molecule has 13 heavy (non-hydrogen) atoms. The quantitative estimate of drug-likeness (QED) is 0.625. The van der Waals surface area contributed by atoms with E-state index >= 15 is 0 Å². The highest BCUT2D eigenvalue weighted by molar-refractivity contribution is 5.77. The molecule has 1 saturated heterocycles. The van der Waals surface area contributed by atoms with Gasteiger partial charge in [-0.2, -0.15) is 0 Å². The van der Waals surface area contributed by atoms with Gasteiger partial charge in [0.05, 0.1) is 6.10 Å². The van der Waals surface area contributed by atoms with E-state index in [1.807, 2.05) is 6.92 Å². The van der Waals surface area contributed by atoms with Gasteiger partial charge in [0.2, 0.25) is 5.91 Å². The number of nitrogens with two attached hydrogens (primary N) is 1. The number of β-amino-alcohol motifs (C(OH)–C–C–N with tert-alkyl or cyclic N) is 1. The van der Waals surface area contributed by atoms with E-state index in [1.54, 1.807) is 4.90 Å². The zero-order valence-electron chi connectivity index (χ0n) is 8.07. The van der Waals surface area contributed by atoms with E-state index in [4.69, 9.17) is 10.8 Å². The van der Waals surface area contributed by atoms with Crippen molar-refractivity contribution in [3.63, 3.8) is 0 Å². The maximum Gasteiger partial charge on any atom is 0.222 e. The van der Waals surface area contributed by atoms with Crippen LogP contribution in [-0.4, -0.2) is 41.7 Å². The van der Waals surface area contributed by atoms with Crippen molar-refractivity contribution in [3.8, 4) is 0 Å². The first kappa shape index (κ1) is 10.5. The number of aliphatic hydroxyl groups is 1. The minimum atomic E-state index is -0.295. The van der Waals surface area contributed by atoms with Crippen molar-refractivity contribution >= 4 is 5.91 Å². The number of hydrogen-bond acceptors (Lipinski definition) is 3. The zero-order chi connectivity index (χ0) is 9.84. The molecule has 1 aliphatic rings. The Morgan fingerprint density at radius 2 is 2.31 bits per heavy atom. The molecule has 0 radical (unpaired) electrons. The van der Waals surface area contributed by atoms with Gasteiger partial charge in [-0.15, -0.1) is 0 Å². The van der Waals surface area contributed by atoms with Gasteiger partial charge in [0.25, 0.3) is 0 Å². The van der Waals surface area contributed by atoms with E-state index in [-0.39, 0.29) is 12.0 Å². The van der Waals surface area contributed by atoms with E-state index in [9.17, 15) is 4.79 Å². The van der Waals surface area contributed by atoms with Crippen molar-refractivity contribution in [2.24, 2.45) is 11.7 Å². The van der Waals surface area contributed by atoms with Gasteiger partial charge in [-0.05, 0) is 18.9 Å². The van der Waals surface area contributed by atoms with Gasteiger partial charge >= 0.3 is 0 Å². The average molecular weight is 186 g/mol. The summed E-state index contributed by atoms with van der Waals surface area (Å²) in [5.41, 5.74) is 5.44. The third-order valence-electron chi connectivity index (χ3n) is 2.47. The number of amides is 1. The van der Waals surface area contributed by atoms with E-state index in [0.29, 0.717) is 32.0 Å². The first-order chi connectivity index (χ1) is 6.13. The lowest BCUT2D eigenvalue weighted by molar-refractivity contribution is -0.141. The predicted octanol–water partition coefficient (Wildman–Crippen LogP) is -0.435. The molecule has 4 heteroatoms. The molecule has 0 aliphatic carbocycles. The van der Waals surface area contributed by atoms with Gasteiger partial charge in [-0.3, -0.25) is 4.79 Å². The van der Waals surface area contributed by atoms with Crippen molar-refractivity contribution < 1.29 is 9.90 Å². The van der Waals surface area contributed by atoms with Crippen LogP contribution in [0, 0.1) is 5.92 Å². The number of carbonyl (C=O) groups is 1. The number of hydrogen-bond donors (Lipinski definition) is 2. The van der Waals surface area contributed by atoms with Crippen LogP contribution in [0.2, 0.25) is 0 Å². The Hall–Kier alpha value is -0.610. The molecule has 76 valence electrons. The third-order valence-corrected chi connectivity index (χ3v) is 2.47. The highest BCUT2D eigenvalue weighted by atomic mass is 16.3. The van der Waals surface area contributed by atoms with Crippen molar-refractivity contribution in [2.75, 3.05) is 19.6 Å². The first-order valence-electron chi connectivity index (χ1n) is 4.79. The molecule has 1 rings (SSSR count). The van der Waals surface area contributed by atoms with Gasteiger partial charge in [-0.1, -0.05) is 6.92 Å². The summed E-state index contributed by atoms with van der Waals surface area (Å²) in [6.07, 6.45) is 1.11. The second-order valence-electron chi connectivity index (χ2n) is 3.83. The van der Waals surface area contributed by atoms with Crippen molar-refractivity contribution in [1.82, 2.24) is 4.90 Å². The number of carbonyl (C=O) groups excluding carboxylic acids is 1. The smallest absolute Gasteiger partial charge is 0.222 e. The lowest BCUT2D eigenvalue weighted by Gasteiger charge is -2.36. The standard InChI is InChI=1S/C9H18N2O2/c1-7(4-10)2-3-9(13)11-5-8(12)6-11/h7-8,12H,2-6,10H2,1H3. The molecule has 4 nitrogen and oxygen atoms in total. The Bertz CT molecular complexity index is 178. The van der Waals surface area contributed by atoms with E-state index in [2.05, 4.69) is 0 Å². The predicted molar refractivity (Wildman–Crippen MR) is 50.0 cm³/mol. The number of nitrogens with zero attached hydrogens (tertiary/aromatic N) is 1. The molecule has 0 aromatic heterocycles. The molecule has 0 spiro atoms. The fraction of sp³-hybridized carbons (Fsp3) is 0.889. The van der Waals surface area contributed by atoms with Gasteiger partial charge < -0.3 is 15.7 Å². The molecule has 0 aromatic carbocycles. The number of aliphatic hydroxyl groups excluding tert-OH is 1. The molecule has 0 bridgehead atoms.